The molecular formula is C22H27FN4. The van der Waals surface area contributed by atoms with Gasteiger partial charge in [-0.1, -0.05) is 18.2 Å². The number of benzene rings is 1. The van der Waals surface area contributed by atoms with E-state index in [1.165, 1.54) is 12.8 Å². The number of nitrogens with zero attached hydrogens (tertiary/aromatic N) is 2. The minimum absolute atomic E-state index is 0.00654. The fourth-order valence-electron chi connectivity index (χ4n) is 4.43. The van der Waals surface area contributed by atoms with Crippen molar-refractivity contribution in [2.24, 2.45) is 0 Å². The first-order valence-electron chi connectivity index (χ1n) is 9.68. The number of hydrogen-bond acceptors (Lipinski definition) is 4. The smallest absolute Gasteiger partial charge is 0.127 e. The van der Waals surface area contributed by atoms with E-state index in [-0.39, 0.29) is 11.7 Å². The van der Waals surface area contributed by atoms with E-state index in [0.717, 1.165) is 46.8 Å². The lowest BCUT2D eigenvalue weighted by Crippen LogP contribution is -2.41. The second-order valence-corrected chi connectivity index (χ2v) is 7.78. The summed E-state index contributed by atoms with van der Waals surface area (Å²) in [5.74, 6) is 0.367. The van der Waals surface area contributed by atoms with Gasteiger partial charge >= 0.3 is 0 Å². The van der Waals surface area contributed by atoms with E-state index in [9.17, 15) is 4.39 Å². The maximum Gasteiger partial charge on any atom is 0.127 e. The van der Waals surface area contributed by atoms with Crippen LogP contribution in [0.4, 0.5) is 10.2 Å². The first-order valence-corrected chi connectivity index (χ1v) is 9.68. The van der Waals surface area contributed by atoms with Crippen molar-refractivity contribution in [1.29, 1.82) is 0 Å². The quantitative estimate of drug-likeness (QED) is 0.867. The van der Waals surface area contributed by atoms with Crippen LogP contribution in [0.1, 0.15) is 36.3 Å². The van der Waals surface area contributed by atoms with Gasteiger partial charge in [-0.05, 0) is 68.3 Å². The Kier molecular flexibility index (Phi) is 4.87. The maximum absolute atomic E-state index is 14.6. The number of likely N-dealkylation sites (tertiary alicyclic amines) is 1. The van der Waals surface area contributed by atoms with Crippen molar-refractivity contribution in [3.05, 3.63) is 57.8 Å². The van der Waals surface area contributed by atoms with E-state index < -0.39 is 0 Å². The summed E-state index contributed by atoms with van der Waals surface area (Å²) in [4.78, 5) is 6.66. The fourth-order valence-corrected chi connectivity index (χ4v) is 4.43. The van der Waals surface area contributed by atoms with Gasteiger partial charge in [0.2, 0.25) is 0 Å². The number of fused-ring (bicyclic) bond motifs is 1. The van der Waals surface area contributed by atoms with Gasteiger partial charge in [-0.2, -0.15) is 0 Å². The van der Waals surface area contributed by atoms with E-state index in [4.69, 9.17) is 5.73 Å². The Morgan fingerprint density at radius 1 is 1.37 bits per heavy atom. The molecule has 5 heteroatoms. The molecule has 0 amide bonds. The SMILES string of the molecule is Cc1cccc(F)c1C1C=c2cnc(N)cc2=C(NC[C@@H]2CCCN2C)C1. The minimum atomic E-state index is -0.141. The minimum Gasteiger partial charge on any atom is -0.386 e. The zero-order valence-corrected chi connectivity index (χ0v) is 16.0. The van der Waals surface area contributed by atoms with Crippen LogP contribution in [0, 0.1) is 12.7 Å². The molecule has 1 aromatic carbocycles. The number of halogens is 1. The van der Waals surface area contributed by atoms with Crippen molar-refractivity contribution in [3.63, 3.8) is 0 Å². The second kappa shape index (κ2) is 7.31. The highest BCUT2D eigenvalue weighted by molar-refractivity contribution is 5.58. The summed E-state index contributed by atoms with van der Waals surface area (Å²) < 4.78 is 14.6. The third-order valence-electron chi connectivity index (χ3n) is 5.95. The summed E-state index contributed by atoms with van der Waals surface area (Å²) in [5.41, 5.74) is 8.84. The molecule has 4 nitrogen and oxygen atoms in total. The number of rotatable bonds is 4. The van der Waals surface area contributed by atoms with Crippen LogP contribution < -0.4 is 21.5 Å². The lowest BCUT2D eigenvalue weighted by molar-refractivity contribution is 0.308. The number of aryl methyl sites for hydroxylation is 1. The number of nitrogens with one attached hydrogen (secondary N) is 1. The van der Waals surface area contributed by atoms with E-state index in [2.05, 4.69) is 28.3 Å². The predicted molar refractivity (Wildman–Crippen MR) is 108 cm³/mol. The Hall–Kier alpha value is -2.40. The Bertz CT molecular complexity index is 949. The monoisotopic (exact) mass is 366 g/mol. The van der Waals surface area contributed by atoms with E-state index >= 15 is 0 Å². The van der Waals surface area contributed by atoms with Crippen molar-refractivity contribution < 1.29 is 4.39 Å². The lowest BCUT2D eigenvalue weighted by Gasteiger charge is -2.26. The zero-order valence-electron chi connectivity index (χ0n) is 16.0. The number of aromatic nitrogens is 1. The molecule has 3 N–H and O–H groups in total. The normalized spacial score (nSPS) is 22.4. The standard InChI is InChI=1S/C22H27FN4/c1-14-5-3-7-19(23)22(14)15-9-16-12-26-21(24)11-18(16)20(10-15)25-13-17-6-4-8-27(17)2/h3,5,7,9,11-12,15,17,25H,4,6,8,10,13,24H2,1-2H3/t15?,17-/m0/s1. The van der Waals surface area contributed by atoms with Gasteiger partial charge in [0.25, 0.3) is 0 Å². The first kappa shape index (κ1) is 18.0. The Morgan fingerprint density at radius 2 is 2.22 bits per heavy atom. The van der Waals surface area contributed by atoms with Crippen molar-refractivity contribution in [2.75, 3.05) is 25.9 Å². The van der Waals surface area contributed by atoms with Crippen LogP contribution in [0.5, 0.6) is 0 Å². The van der Waals surface area contributed by atoms with Crippen molar-refractivity contribution >= 4 is 17.6 Å². The number of anilines is 1. The number of hydrogen-bond donors (Lipinski definition) is 2. The summed E-state index contributed by atoms with van der Waals surface area (Å²) in [6.07, 6.45) is 7.13. The molecule has 0 radical (unpaired) electrons. The molecule has 0 spiro atoms. The van der Waals surface area contributed by atoms with Crippen LogP contribution in [-0.4, -0.2) is 36.1 Å². The van der Waals surface area contributed by atoms with Gasteiger partial charge in [0, 0.05) is 35.6 Å². The Labute approximate surface area is 159 Å². The van der Waals surface area contributed by atoms with Crippen molar-refractivity contribution in [1.82, 2.24) is 15.2 Å². The third-order valence-corrected chi connectivity index (χ3v) is 5.95. The molecule has 2 heterocycles. The molecule has 1 fully saturated rings. The van der Waals surface area contributed by atoms with Crippen LogP contribution in [0.2, 0.25) is 0 Å². The number of likely N-dealkylation sites (N-methyl/N-ethyl adjacent to an activating group) is 1. The maximum atomic E-state index is 14.6. The van der Waals surface area contributed by atoms with Gasteiger partial charge in [0.15, 0.2) is 0 Å². The average Bonchev–Trinajstić information content (AvgIpc) is 3.05. The molecule has 1 unspecified atom stereocenters. The van der Waals surface area contributed by atoms with Crippen molar-refractivity contribution in [3.8, 4) is 0 Å². The second-order valence-electron chi connectivity index (χ2n) is 7.78. The van der Waals surface area contributed by atoms with Gasteiger partial charge in [0.05, 0.1) is 0 Å². The highest BCUT2D eigenvalue weighted by atomic mass is 19.1. The van der Waals surface area contributed by atoms with Crippen LogP contribution in [0.25, 0.3) is 11.8 Å². The molecule has 142 valence electrons. The van der Waals surface area contributed by atoms with Crippen molar-refractivity contribution in [2.45, 2.75) is 38.1 Å². The largest absolute Gasteiger partial charge is 0.386 e. The molecule has 2 aromatic rings. The predicted octanol–water partition coefficient (Wildman–Crippen LogP) is 1.87. The lowest BCUT2D eigenvalue weighted by atomic mass is 9.86. The number of nitrogen functional groups attached to an aromatic ring is 1. The molecule has 1 aliphatic carbocycles. The van der Waals surface area contributed by atoms with Crippen LogP contribution >= 0.6 is 0 Å². The van der Waals surface area contributed by atoms with Gasteiger partial charge in [-0.15, -0.1) is 0 Å². The Balaban J connectivity index is 1.71. The third kappa shape index (κ3) is 3.56. The molecule has 27 heavy (non-hydrogen) atoms. The highest BCUT2D eigenvalue weighted by Crippen LogP contribution is 2.30. The van der Waals surface area contributed by atoms with Crippen LogP contribution in [0.15, 0.2) is 30.5 Å². The topological polar surface area (TPSA) is 54.2 Å². The van der Waals surface area contributed by atoms with Gasteiger partial charge in [-0.3, -0.25) is 0 Å². The molecule has 2 atom stereocenters. The highest BCUT2D eigenvalue weighted by Gasteiger charge is 2.24. The summed E-state index contributed by atoms with van der Waals surface area (Å²) in [5, 5.41) is 5.78. The van der Waals surface area contributed by atoms with E-state index in [0.29, 0.717) is 11.9 Å². The number of pyridine rings is 1. The van der Waals surface area contributed by atoms with Gasteiger partial charge < -0.3 is 16.0 Å². The van der Waals surface area contributed by atoms with Gasteiger partial charge in [0.1, 0.15) is 11.6 Å². The summed E-state index contributed by atoms with van der Waals surface area (Å²) in [6.45, 7) is 4.03. The van der Waals surface area contributed by atoms with Crippen LogP contribution in [0.3, 0.4) is 0 Å². The molecule has 0 saturated carbocycles. The summed E-state index contributed by atoms with van der Waals surface area (Å²) >= 11 is 0. The molecule has 1 aliphatic heterocycles. The molecular weight excluding hydrogens is 339 g/mol. The summed E-state index contributed by atoms with van der Waals surface area (Å²) in [6, 6.07) is 7.76. The summed E-state index contributed by atoms with van der Waals surface area (Å²) in [7, 11) is 2.18. The molecule has 0 bridgehead atoms. The fraction of sp³-hybridized carbons (Fsp3) is 0.409. The molecule has 1 saturated heterocycles. The number of nitrogens with two attached hydrogens (primary N) is 1. The Morgan fingerprint density at radius 3 is 2.96 bits per heavy atom. The molecule has 4 rings (SSSR count). The zero-order chi connectivity index (χ0) is 19.0. The van der Waals surface area contributed by atoms with E-state index in [1.807, 2.05) is 19.1 Å². The molecule has 2 aliphatic rings. The van der Waals surface area contributed by atoms with Gasteiger partial charge in [-0.25, -0.2) is 9.37 Å². The van der Waals surface area contributed by atoms with Crippen LogP contribution in [-0.2, 0) is 0 Å². The first-order chi connectivity index (χ1) is 13.0. The average molecular weight is 366 g/mol. The molecule has 1 aromatic heterocycles. The van der Waals surface area contributed by atoms with E-state index in [1.54, 1.807) is 18.3 Å².